The van der Waals surface area contributed by atoms with Gasteiger partial charge >= 0.3 is 0 Å². The minimum absolute atomic E-state index is 0.274. The molecule has 2 heterocycles. The average molecular weight is 495 g/mol. The number of furan rings is 1. The summed E-state index contributed by atoms with van der Waals surface area (Å²) in [5.41, 5.74) is 5.75. The summed E-state index contributed by atoms with van der Waals surface area (Å²) in [5.74, 6) is 0.900. The number of aryl methyl sites for hydroxylation is 2. The van der Waals surface area contributed by atoms with Crippen molar-refractivity contribution >= 4 is 51.5 Å². The molecular weight excluding hydrogens is 471 g/mol. The Hall–Kier alpha value is -3.28. The van der Waals surface area contributed by atoms with Gasteiger partial charge in [-0.3, -0.25) is 4.79 Å². The van der Waals surface area contributed by atoms with Crippen molar-refractivity contribution in [2.45, 2.75) is 27.7 Å². The van der Waals surface area contributed by atoms with Gasteiger partial charge in [-0.25, -0.2) is 4.98 Å². The van der Waals surface area contributed by atoms with Crippen LogP contribution in [0.1, 0.15) is 30.5 Å². The quantitative estimate of drug-likeness (QED) is 0.277. The van der Waals surface area contributed by atoms with Crippen LogP contribution in [-0.2, 0) is 4.79 Å². The second-order valence-corrected chi connectivity index (χ2v) is 8.84. The molecule has 2 aromatic heterocycles. The highest BCUT2D eigenvalue weighted by Crippen LogP contribution is 2.42. The number of aromatic nitrogens is 1. The number of carbonyl (C=O) groups excluding carboxylic acids is 1. The van der Waals surface area contributed by atoms with E-state index in [-0.39, 0.29) is 5.91 Å². The molecule has 0 saturated carbocycles. The number of amides is 1. The fraction of sp³-hybridized carbons (Fsp3) is 0.185. The molecule has 7 heteroatoms. The highest BCUT2D eigenvalue weighted by atomic mass is 35.5. The summed E-state index contributed by atoms with van der Waals surface area (Å²) in [6.45, 7) is 8.16. The van der Waals surface area contributed by atoms with Crippen molar-refractivity contribution < 1.29 is 13.9 Å². The zero-order valence-corrected chi connectivity index (χ0v) is 20.8. The highest BCUT2D eigenvalue weighted by Gasteiger charge is 2.20. The molecule has 4 aromatic rings. The van der Waals surface area contributed by atoms with E-state index in [0.29, 0.717) is 33.8 Å². The number of pyridine rings is 1. The van der Waals surface area contributed by atoms with Crippen LogP contribution in [0.3, 0.4) is 0 Å². The predicted octanol–water partition coefficient (Wildman–Crippen LogP) is 7.86. The van der Waals surface area contributed by atoms with Crippen molar-refractivity contribution in [2.75, 3.05) is 11.9 Å². The third-order valence-electron chi connectivity index (χ3n) is 5.49. The van der Waals surface area contributed by atoms with Crippen molar-refractivity contribution in [3.8, 4) is 16.9 Å². The minimum Gasteiger partial charge on any atom is -0.493 e. The zero-order valence-electron chi connectivity index (χ0n) is 19.3. The van der Waals surface area contributed by atoms with Gasteiger partial charge in [-0.2, -0.15) is 0 Å². The molecule has 0 aliphatic rings. The number of fused-ring (bicyclic) bond motifs is 1. The number of anilines is 1. The molecule has 0 radical (unpaired) electrons. The van der Waals surface area contributed by atoms with Gasteiger partial charge in [0, 0.05) is 44.9 Å². The largest absolute Gasteiger partial charge is 0.493 e. The molecule has 1 amide bonds. The van der Waals surface area contributed by atoms with Gasteiger partial charge < -0.3 is 14.5 Å². The molecule has 34 heavy (non-hydrogen) atoms. The number of carbonyl (C=O) groups is 1. The third kappa shape index (κ3) is 4.81. The van der Waals surface area contributed by atoms with Crippen LogP contribution >= 0.6 is 23.2 Å². The topological polar surface area (TPSA) is 64.4 Å². The molecule has 1 N–H and O–H groups in total. The fourth-order valence-electron chi connectivity index (χ4n) is 3.90. The van der Waals surface area contributed by atoms with E-state index < -0.39 is 0 Å². The number of nitrogens with zero attached hydrogens (tertiary/aromatic N) is 1. The molecule has 2 aromatic carbocycles. The Balaban J connectivity index is 1.80. The molecular formula is C27H24Cl2N2O3. The number of rotatable bonds is 6. The number of nitrogens with one attached hydrogen (secondary N) is 1. The number of hydrogen-bond donors (Lipinski definition) is 1. The van der Waals surface area contributed by atoms with Crippen LogP contribution in [0.15, 0.2) is 59.4 Å². The Morgan fingerprint density at radius 2 is 1.94 bits per heavy atom. The maximum Gasteiger partial charge on any atom is 0.249 e. The molecule has 0 aliphatic carbocycles. The maximum absolute atomic E-state index is 12.7. The molecule has 0 fully saturated rings. The monoisotopic (exact) mass is 494 g/mol. The van der Waals surface area contributed by atoms with E-state index in [4.69, 9.17) is 32.4 Å². The van der Waals surface area contributed by atoms with E-state index in [1.807, 2.05) is 52.0 Å². The molecule has 0 saturated heterocycles. The number of allylic oxidation sites excluding steroid dienone is 1. The standard InChI is InChI=1S/C27H24Cl2N2O3/c1-5-33-26-17(4)27-21(22(14-34-27)19-7-6-18(28)12-23(19)29)13-20(26)16(3)11-25(32)31-24-10-15(2)8-9-30-24/h6-14H,5H2,1-4H3,(H,30,31,32)/b16-11+. The Morgan fingerprint density at radius 1 is 1.15 bits per heavy atom. The fourth-order valence-corrected chi connectivity index (χ4v) is 4.41. The molecule has 4 rings (SSSR count). The van der Waals surface area contributed by atoms with Crippen molar-refractivity contribution in [1.29, 1.82) is 0 Å². The van der Waals surface area contributed by atoms with Crippen molar-refractivity contribution in [2.24, 2.45) is 0 Å². The van der Waals surface area contributed by atoms with Crippen LogP contribution in [0.4, 0.5) is 5.82 Å². The summed E-state index contributed by atoms with van der Waals surface area (Å²) in [7, 11) is 0. The second-order valence-electron chi connectivity index (χ2n) is 8.00. The lowest BCUT2D eigenvalue weighted by atomic mass is 9.96. The lowest BCUT2D eigenvalue weighted by Gasteiger charge is -2.15. The van der Waals surface area contributed by atoms with Crippen LogP contribution in [-0.4, -0.2) is 17.5 Å². The molecule has 0 atom stereocenters. The molecule has 0 bridgehead atoms. The lowest BCUT2D eigenvalue weighted by Crippen LogP contribution is -2.10. The molecule has 174 valence electrons. The third-order valence-corrected chi connectivity index (χ3v) is 6.04. The molecule has 0 spiro atoms. The Labute approximate surface area is 208 Å². The summed E-state index contributed by atoms with van der Waals surface area (Å²) in [6, 6.07) is 11.0. The van der Waals surface area contributed by atoms with Gasteiger partial charge in [0.05, 0.1) is 17.9 Å². The average Bonchev–Trinajstić information content (AvgIpc) is 3.19. The summed E-state index contributed by atoms with van der Waals surface area (Å²) in [4.78, 5) is 16.9. The van der Waals surface area contributed by atoms with Gasteiger partial charge in [0.25, 0.3) is 0 Å². The predicted molar refractivity (Wildman–Crippen MR) is 139 cm³/mol. The van der Waals surface area contributed by atoms with Gasteiger partial charge in [-0.05, 0) is 69.2 Å². The summed E-state index contributed by atoms with van der Waals surface area (Å²) < 4.78 is 11.9. The number of halogens is 2. The van der Waals surface area contributed by atoms with Crippen LogP contribution in [0.5, 0.6) is 5.75 Å². The van der Waals surface area contributed by atoms with Gasteiger partial charge in [0.1, 0.15) is 17.2 Å². The highest BCUT2D eigenvalue weighted by molar-refractivity contribution is 6.36. The van der Waals surface area contributed by atoms with E-state index in [1.54, 1.807) is 30.7 Å². The molecule has 0 aliphatic heterocycles. The molecule has 0 unspecified atom stereocenters. The van der Waals surface area contributed by atoms with Crippen LogP contribution in [0, 0.1) is 13.8 Å². The van der Waals surface area contributed by atoms with E-state index in [2.05, 4.69) is 10.3 Å². The Morgan fingerprint density at radius 3 is 2.65 bits per heavy atom. The first kappa shape index (κ1) is 23.9. The maximum atomic E-state index is 12.7. The summed E-state index contributed by atoms with van der Waals surface area (Å²) in [6.07, 6.45) is 4.89. The first-order valence-corrected chi connectivity index (χ1v) is 11.6. The Kier molecular flexibility index (Phi) is 6.96. The minimum atomic E-state index is -0.274. The first-order valence-electron chi connectivity index (χ1n) is 10.8. The smallest absolute Gasteiger partial charge is 0.249 e. The van der Waals surface area contributed by atoms with Gasteiger partial charge in [0.15, 0.2) is 0 Å². The number of benzene rings is 2. The Bertz CT molecular complexity index is 1420. The normalized spacial score (nSPS) is 11.6. The van der Waals surface area contributed by atoms with E-state index in [0.717, 1.165) is 38.8 Å². The van der Waals surface area contributed by atoms with E-state index >= 15 is 0 Å². The van der Waals surface area contributed by atoms with Crippen LogP contribution in [0.25, 0.3) is 27.7 Å². The first-order chi connectivity index (χ1) is 16.3. The second kappa shape index (κ2) is 9.92. The van der Waals surface area contributed by atoms with Crippen LogP contribution in [0.2, 0.25) is 10.0 Å². The van der Waals surface area contributed by atoms with Crippen molar-refractivity contribution in [1.82, 2.24) is 4.98 Å². The van der Waals surface area contributed by atoms with Gasteiger partial charge in [0.2, 0.25) is 5.91 Å². The van der Waals surface area contributed by atoms with Crippen LogP contribution < -0.4 is 10.1 Å². The summed E-state index contributed by atoms with van der Waals surface area (Å²) in [5, 5.41) is 4.77. The molecule has 5 nitrogen and oxygen atoms in total. The van der Waals surface area contributed by atoms with Crippen molar-refractivity contribution in [3.05, 3.63) is 81.7 Å². The summed E-state index contributed by atoms with van der Waals surface area (Å²) >= 11 is 12.6. The SMILES string of the molecule is CCOc1c(/C(C)=C/C(=O)Nc2cc(C)ccn2)cc2c(-c3ccc(Cl)cc3Cl)coc2c1C. The number of ether oxygens (including phenoxy) is 1. The van der Waals surface area contributed by atoms with E-state index in [9.17, 15) is 4.79 Å². The van der Waals surface area contributed by atoms with E-state index in [1.165, 1.54) is 0 Å². The van der Waals surface area contributed by atoms with Gasteiger partial charge in [-0.1, -0.05) is 29.3 Å². The number of hydrogen-bond acceptors (Lipinski definition) is 4. The lowest BCUT2D eigenvalue weighted by molar-refractivity contribution is -0.111. The van der Waals surface area contributed by atoms with Crippen molar-refractivity contribution in [3.63, 3.8) is 0 Å². The zero-order chi connectivity index (χ0) is 24.4. The van der Waals surface area contributed by atoms with Gasteiger partial charge in [-0.15, -0.1) is 0 Å².